The monoisotopic (exact) mass is 461 g/mol. The molecule has 0 saturated carbocycles. The van der Waals surface area contributed by atoms with Crippen LogP contribution in [0.4, 0.5) is 0 Å². The lowest BCUT2D eigenvalue weighted by Gasteiger charge is -2.30. The highest BCUT2D eigenvalue weighted by atomic mass is 35.5. The van der Waals surface area contributed by atoms with Crippen LogP contribution in [0.15, 0.2) is 71.7 Å². The third kappa shape index (κ3) is 3.85. The van der Waals surface area contributed by atoms with Gasteiger partial charge in [0, 0.05) is 49.4 Å². The summed E-state index contributed by atoms with van der Waals surface area (Å²) in [5.74, 6) is 0.589. The zero-order chi connectivity index (χ0) is 21.7. The van der Waals surface area contributed by atoms with Gasteiger partial charge in [-0.05, 0) is 48.7 Å². The molecule has 6 heteroatoms. The van der Waals surface area contributed by atoms with Crippen LogP contribution in [0.2, 0.25) is 0 Å². The van der Waals surface area contributed by atoms with Crippen molar-refractivity contribution in [3.8, 4) is 11.4 Å². The molecule has 1 unspecified atom stereocenters. The number of hydrogen-bond acceptors (Lipinski definition) is 3. The molecule has 1 saturated heterocycles. The number of benzene rings is 2. The minimum Gasteiger partial charge on any atom is -0.489 e. The van der Waals surface area contributed by atoms with Crippen LogP contribution in [0.5, 0.6) is 5.75 Å². The maximum Gasteiger partial charge on any atom is 0.258 e. The lowest BCUT2D eigenvalue weighted by atomic mass is 9.99. The summed E-state index contributed by atoms with van der Waals surface area (Å²) in [6, 6.07) is 20.5. The van der Waals surface area contributed by atoms with Crippen LogP contribution >= 0.6 is 12.4 Å². The first kappa shape index (κ1) is 21.8. The molecule has 0 radical (unpaired) electrons. The first-order valence-corrected chi connectivity index (χ1v) is 11.4. The van der Waals surface area contributed by atoms with Gasteiger partial charge in [0.15, 0.2) is 0 Å². The molecular weight excluding hydrogens is 434 g/mol. The summed E-state index contributed by atoms with van der Waals surface area (Å²) in [7, 11) is 2.17. The van der Waals surface area contributed by atoms with Gasteiger partial charge in [-0.15, -0.1) is 12.4 Å². The van der Waals surface area contributed by atoms with Crippen molar-refractivity contribution in [3.63, 3.8) is 0 Å². The third-order valence-electron chi connectivity index (χ3n) is 7.13. The van der Waals surface area contributed by atoms with Crippen LogP contribution in [0.25, 0.3) is 16.6 Å². The Bertz CT molecular complexity index is 1360. The van der Waals surface area contributed by atoms with Crippen molar-refractivity contribution in [2.75, 3.05) is 6.54 Å². The Labute approximate surface area is 199 Å². The molecule has 33 heavy (non-hydrogen) atoms. The Morgan fingerprint density at radius 3 is 2.73 bits per heavy atom. The molecule has 2 aromatic carbocycles. The fourth-order valence-corrected chi connectivity index (χ4v) is 5.41. The molecule has 1 atom stereocenters. The van der Waals surface area contributed by atoms with E-state index in [1.807, 2.05) is 42.6 Å². The topological polar surface area (TPSA) is 39.4 Å². The van der Waals surface area contributed by atoms with Crippen molar-refractivity contribution < 1.29 is 4.74 Å². The predicted octanol–water partition coefficient (Wildman–Crippen LogP) is 4.85. The van der Waals surface area contributed by atoms with Crippen LogP contribution in [0.1, 0.15) is 29.7 Å². The van der Waals surface area contributed by atoms with Crippen LogP contribution in [0, 0.1) is 0 Å². The summed E-state index contributed by atoms with van der Waals surface area (Å²) in [4.78, 5) is 15.5. The summed E-state index contributed by atoms with van der Waals surface area (Å²) in [6.45, 7) is 2.71. The summed E-state index contributed by atoms with van der Waals surface area (Å²) in [5, 5.41) is 1.31. The molecule has 4 heterocycles. The summed E-state index contributed by atoms with van der Waals surface area (Å²) in [5.41, 5.74) is 5.99. The van der Waals surface area contributed by atoms with Crippen LogP contribution in [0.3, 0.4) is 0 Å². The van der Waals surface area contributed by atoms with E-state index in [2.05, 4.69) is 34.7 Å². The number of hydrogen-bond donors (Lipinski definition) is 0. The molecule has 6 rings (SSSR count). The first-order chi connectivity index (χ1) is 15.7. The number of aryl methyl sites for hydroxylation is 1. The van der Waals surface area contributed by atoms with E-state index in [9.17, 15) is 4.79 Å². The fourth-order valence-electron chi connectivity index (χ4n) is 5.41. The van der Waals surface area contributed by atoms with Crippen molar-refractivity contribution in [3.05, 3.63) is 94.0 Å². The maximum atomic E-state index is 12.9. The van der Waals surface area contributed by atoms with Gasteiger partial charge in [0.1, 0.15) is 12.4 Å². The Balaban J connectivity index is 0.00000228. The summed E-state index contributed by atoms with van der Waals surface area (Å²) < 4.78 is 9.86. The molecule has 170 valence electrons. The number of fused-ring (bicyclic) bond motifs is 4. The predicted molar refractivity (Wildman–Crippen MR) is 134 cm³/mol. The first-order valence-electron chi connectivity index (χ1n) is 11.4. The smallest absolute Gasteiger partial charge is 0.258 e. The van der Waals surface area contributed by atoms with Gasteiger partial charge >= 0.3 is 0 Å². The van der Waals surface area contributed by atoms with E-state index in [0.717, 1.165) is 24.2 Å². The van der Waals surface area contributed by atoms with Gasteiger partial charge < -0.3 is 9.30 Å². The molecule has 2 aliphatic rings. The molecule has 1 fully saturated rings. The summed E-state index contributed by atoms with van der Waals surface area (Å²) in [6.07, 6.45) is 5.56. The SMILES string of the molecule is Cl.Cn1c2c(c3ccc(-n4ccc(OCc5ccccc5)cc4=O)cc31)CN1CCCC1C2. The maximum absolute atomic E-state index is 12.9. The second kappa shape index (κ2) is 8.73. The Morgan fingerprint density at radius 2 is 1.91 bits per heavy atom. The highest BCUT2D eigenvalue weighted by molar-refractivity contribution is 5.87. The van der Waals surface area contributed by atoms with E-state index in [0.29, 0.717) is 18.4 Å². The van der Waals surface area contributed by atoms with Gasteiger partial charge in [0.05, 0.1) is 11.2 Å². The van der Waals surface area contributed by atoms with E-state index < -0.39 is 0 Å². The van der Waals surface area contributed by atoms with E-state index >= 15 is 0 Å². The van der Waals surface area contributed by atoms with Crippen molar-refractivity contribution in [1.29, 1.82) is 0 Å². The van der Waals surface area contributed by atoms with Crippen molar-refractivity contribution >= 4 is 23.3 Å². The number of halogens is 1. The van der Waals surface area contributed by atoms with Gasteiger partial charge in [-0.25, -0.2) is 0 Å². The van der Waals surface area contributed by atoms with Crippen molar-refractivity contribution in [1.82, 2.24) is 14.0 Å². The Morgan fingerprint density at radius 1 is 1.06 bits per heavy atom. The van der Waals surface area contributed by atoms with E-state index in [1.165, 1.54) is 41.5 Å². The number of nitrogens with zero attached hydrogens (tertiary/aromatic N) is 3. The molecule has 0 bridgehead atoms. The molecule has 2 aromatic heterocycles. The Kier molecular flexibility index (Phi) is 5.77. The van der Waals surface area contributed by atoms with Crippen molar-refractivity contribution in [2.45, 2.75) is 38.5 Å². The van der Waals surface area contributed by atoms with E-state index in [-0.39, 0.29) is 18.0 Å². The third-order valence-corrected chi connectivity index (χ3v) is 7.13. The molecular formula is C27H28ClN3O2. The minimum absolute atomic E-state index is 0. The van der Waals surface area contributed by atoms with Gasteiger partial charge in [-0.1, -0.05) is 36.4 Å². The summed E-state index contributed by atoms with van der Waals surface area (Å²) >= 11 is 0. The van der Waals surface area contributed by atoms with Gasteiger partial charge in [-0.2, -0.15) is 0 Å². The standard InChI is InChI=1S/C27H27N3O2.ClH/c1-28-25-15-21(9-10-23(25)24-17-29-12-5-8-20(29)14-26(24)28)30-13-11-22(16-27(30)31)32-18-19-6-3-2-4-7-19;/h2-4,6-7,9-11,13,15-16,20H,5,8,12,14,17-18H2,1H3;1H. The molecule has 0 amide bonds. The molecule has 0 spiro atoms. The Hall–Kier alpha value is -3.02. The van der Waals surface area contributed by atoms with Crippen molar-refractivity contribution in [2.24, 2.45) is 7.05 Å². The number of pyridine rings is 1. The van der Waals surface area contributed by atoms with Gasteiger partial charge in [0.2, 0.25) is 0 Å². The minimum atomic E-state index is -0.0884. The van der Waals surface area contributed by atoms with Gasteiger partial charge in [-0.3, -0.25) is 14.3 Å². The fraction of sp³-hybridized carbons (Fsp3) is 0.296. The molecule has 5 nitrogen and oxygen atoms in total. The second-order valence-corrected chi connectivity index (χ2v) is 9.00. The second-order valence-electron chi connectivity index (χ2n) is 9.00. The quantitative estimate of drug-likeness (QED) is 0.436. The highest BCUT2D eigenvalue weighted by Crippen LogP contribution is 2.36. The van der Waals surface area contributed by atoms with E-state index in [1.54, 1.807) is 10.6 Å². The average molecular weight is 462 g/mol. The normalized spacial score (nSPS) is 17.4. The molecule has 0 aliphatic carbocycles. The molecule has 0 N–H and O–H groups in total. The number of aromatic nitrogens is 2. The van der Waals surface area contributed by atoms with Gasteiger partial charge in [0.25, 0.3) is 5.56 Å². The lowest BCUT2D eigenvalue weighted by molar-refractivity contribution is 0.225. The van der Waals surface area contributed by atoms with E-state index in [4.69, 9.17) is 4.74 Å². The zero-order valence-electron chi connectivity index (χ0n) is 18.7. The van der Waals surface area contributed by atoms with Crippen LogP contribution in [-0.4, -0.2) is 26.6 Å². The lowest BCUT2D eigenvalue weighted by Crippen LogP contribution is -2.35. The number of ether oxygens (including phenoxy) is 1. The average Bonchev–Trinajstić information content (AvgIpc) is 3.39. The molecule has 2 aliphatic heterocycles. The number of rotatable bonds is 4. The van der Waals surface area contributed by atoms with Crippen LogP contribution < -0.4 is 10.3 Å². The largest absolute Gasteiger partial charge is 0.489 e. The van der Waals surface area contributed by atoms with Crippen LogP contribution in [-0.2, 0) is 26.6 Å². The highest BCUT2D eigenvalue weighted by Gasteiger charge is 2.32. The molecule has 4 aromatic rings. The zero-order valence-corrected chi connectivity index (χ0v) is 19.6.